The van der Waals surface area contributed by atoms with E-state index in [1.165, 1.54) is 12.1 Å². The second-order valence-corrected chi connectivity index (χ2v) is 6.32. The van der Waals surface area contributed by atoms with Crippen molar-refractivity contribution in [3.8, 4) is 0 Å². The average Bonchev–Trinajstić information content (AvgIpc) is 2.82. The normalized spacial score (nSPS) is 12.6. The van der Waals surface area contributed by atoms with Crippen LogP contribution < -0.4 is 5.32 Å². The summed E-state index contributed by atoms with van der Waals surface area (Å²) in [7, 11) is 0. The summed E-state index contributed by atoms with van der Waals surface area (Å²) in [6.07, 6.45) is 2.67. The second kappa shape index (κ2) is 7.56. The highest BCUT2D eigenvalue weighted by molar-refractivity contribution is 14.1. The Morgan fingerprint density at radius 2 is 2.19 bits per heavy atom. The molecule has 0 radical (unpaired) electrons. The molecule has 1 aromatic carbocycles. The van der Waals surface area contributed by atoms with Gasteiger partial charge in [-0.1, -0.05) is 24.6 Å². The molecule has 1 unspecified atom stereocenters. The third-order valence-corrected chi connectivity index (χ3v) is 4.50. The van der Waals surface area contributed by atoms with Crippen molar-refractivity contribution in [2.75, 3.05) is 6.54 Å². The number of nitrogens with one attached hydrogen (secondary N) is 1. The maximum absolute atomic E-state index is 13.4. The number of aryl methyl sites for hydroxylation is 1. The van der Waals surface area contributed by atoms with E-state index in [1.54, 1.807) is 6.20 Å². The molecule has 1 aromatic heterocycles. The number of rotatable bonds is 6. The molecule has 114 valence electrons. The maximum Gasteiger partial charge on any atom is 0.124 e. The van der Waals surface area contributed by atoms with Crippen molar-refractivity contribution >= 4 is 34.2 Å². The van der Waals surface area contributed by atoms with Crippen molar-refractivity contribution in [2.45, 2.75) is 32.9 Å². The molecule has 2 rings (SSSR count). The van der Waals surface area contributed by atoms with Crippen LogP contribution in [0, 0.1) is 9.39 Å². The molecule has 0 bridgehead atoms. The first kappa shape index (κ1) is 16.7. The van der Waals surface area contributed by atoms with Gasteiger partial charge in [-0.3, -0.25) is 4.68 Å². The van der Waals surface area contributed by atoms with Crippen LogP contribution in [0.5, 0.6) is 0 Å². The van der Waals surface area contributed by atoms with Crippen LogP contribution in [0.1, 0.15) is 37.6 Å². The molecule has 3 nitrogen and oxygen atoms in total. The van der Waals surface area contributed by atoms with Crippen molar-refractivity contribution in [3.05, 3.63) is 50.1 Å². The van der Waals surface area contributed by atoms with Gasteiger partial charge < -0.3 is 5.32 Å². The first-order chi connectivity index (χ1) is 10.1. The lowest BCUT2D eigenvalue weighted by Crippen LogP contribution is -2.26. The summed E-state index contributed by atoms with van der Waals surface area (Å²) in [6, 6.07) is 4.75. The lowest BCUT2D eigenvalue weighted by atomic mass is 10.0. The Bertz CT molecular complexity index is 615. The van der Waals surface area contributed by atoms with Gasteiger partial charge in [-0.05, 0) is 60.2 Å². The lowest BCUT2D eigenvalue weighted by molar-refractivity contribution is 0.527. The van der Waals surface area contributed by atoms with Gasteiger partial charge in [-0.2, -0.15) is 5.10 Å². The quantitative estimate of drug-likeness (QED) is 0.701. The van der Waals surface area contributed by atoms with Gasteiger partial charge in [-0.15, -0.1) is 0 Å². The van der Waals surface area contributed by atoms with Gasteiger partial charge in [0.25, 0.3) is 0 Å². The zero-order valence-corrected chi connectivity index (χ0v) is 14.9. The molecule has 1 heterocycles. The zero-order valence-electron chi connectivity index (χ0n) is 12.0. The van der Waals surface area contributed by atoms with Crippen molar-refractivity contribution in [1.29, 1.82) is 0 Å². The Labute approximate surface area is 143 Å². The molecule has 2 aromatic rings. The highest BCUT2D eigenvalue weighted by Crippen LogP contribution is 2.31. The minimum Gasteiger partial charge on any atom is -0.305 e. The van der Waals surface area contributed by atoms with Gasteiger partial charge in [-0.25, -0.2) is 4.39 Å². The van der Waals surface area contributed by atoms with Crippen molar-refractivity contribution in [2.24, 2.45) is 0 Å². The largest absolute Gasteiger partial charge is 0.305 e. The van der Waals surface area contributed by atoms with E-state index in [9.17, 15) is 4.39 Å². The fraction of sp³-hybridized carbons (Fsp3) is 0.400. The van der Waals surface area contributed by atoms with Crippen LogP contribution in [0.4, 0.5) is 4.39 Å². The summed E-state index contributed by atoms with van der Waals surface area (Å²) in [5, 5.41) is 8.43. The van der Waals surface area contributed by atoms with Crippen LogP contribution in [-0.4, -0.2) is 16.3 Å². The Morgan fingerprint density at radius 3 is 2.81 bits per heavy atom. The van der Waals surface area contributed by atoms with Crippen LogP contribution in [0.25, 0.3) is 0 Å². The van der Waals surface area contributed by atoms with Gasteiger partial charge >= 0.3 is 0 Å². The Kier molecular flexibility index (Phi) is 6.01. The Morgan fingerprint density at radius 1 is 1.43 bits per heavy atom. The number of aromatic nitrogens is 2. The molecule has 0 fully saturated rings. The molecular formula is C15H18ClFIN3. The van der Waals surface area contributed by atoms with E-state index in [4.69, 9.17) is 11.6 Å². The van der Waals surface area contributed by atoms with Crippen LogP contribution >= 0.6 is 34.2 Å². The summed E-state index contributed by atoms with van der Waals surface area (Å²) in [5.41, 5.74) is 1.94. The molecule has 0 amide bonds. The van der Waals surface area contributed by atoms with Crippen molar-refractivity contribution in [1.82, 2.24) is 15.1 Å². The van der Waals surface area contributed by atoms with E-state index < -0.39 is 0 Å². The number of hydrogen-bond donors (Lipinski definition) is 1. The summed E-state index contributed by atoms with van der Waals surface area (Å²) in [6.45, 7) is 5.73. The topological polar surface area (TPSA) is 29.9 Å². The van der Waals surface area contributed by atoms with Crippen molar-refractivity contribution in [3.63, 3.8) is 0 Å². The first-order valence-corrected chi connectivity index (χ1v) is 8.43. The predicted molar refractivity (Wildman–Crippen MR) is 92.2 cm³/mol. The predicted octanol–water partition coefficient (Wildman–Crippen LogP) is 4.39. The monoisotopic (exact) mass is 421 g/mol. The van der Waals surface area contributed by atoms with E-state index in [1.807, 2.05) is 17.7 Å². The molecule has 6 heteroatoms. The summed E-state index contributed by atoms with van der Waals surface area (Å²) in [5.74, 6) is -0.229. The fourth-order valence-corrected chi connectivity index (χ4v) is 3.33. The highest BCUT2D eigenvalue weighted by atomic mass is 127. The van der Waals surface area contributed by atoms with E-state index in [-0.39, 0.29) is 11.9 Å². The van der Waals surface area contributed by atoms with Gasteiger partial charge in [0, 0.05) is 10.1 Å². The molecule has 0 saturated heterocycles. The number of nitrogens with zero attached hydrogens (tertiary/aromatic N) is 2. The van der Waals surface area contributed by atoms with E-state index >= 15 is 0 Å². The summed E-state index contributed by atoms with van der Waals surface area (Å²) >= 11 is 8.49. The minimum absolute atomic E-state index is 0.0904. The van der Waals surface area contributed by atoms with Gasteiger partial charge in [0.05, 0.1) is 23.0 Å². The summed E-state index contributed by atoms with van der Waals surface area (Å²) in [4.78, 5) is 0. The van der Waals surface area contributed by atoms with Crippen LogP contribution in [0.3, 0.4) is 0 Å². The minimum atomic E-state index is -0.229. The summed E-state index contributed by atoms with van der Waals surface area (Å²) < 4.78 is 16.1. The third kappa shape index (κ3) is 3.76. The molecule has 1 N–H and O–H groups in total. The average molecular weight is 422 g/mol. The Hall–Kier alpha value is -0.660. The third-order valence-electron chi connectivity index (χ3n) is 3.28. The van der Waals surface area contributed by atoms with Crippen LogP contribution in [0.2, 0.25) is 5.02 Å². The fourth-order valence-electron chi connectivity index (χ4n) is 2.29. The number of benzene rings is 1. The van der Waals surface area contributed by atoms with Crippen molar-refractivity contribution < 1.29 is 4.39 Å². The molecular weight excluding hydrogens is 404 g/mol. The second-order valence-electron chi connectivity index (χ2n) is 4.75. The first-order valence-electron chi connectivity index (χ1n) is 6.98. The maximum atomic E-state index is 13.4. The molecule has 0 aliphatic heterocycles. The molecule has 1 atom stereocenters. The Balaban J connectivity index is 2.49. The zero-order chi connectivity index (χ0) is 15.4. The highest BCUT2D eigenvalue weighted by Gasteiger charge is 2.23. The molecule has 0 aliphatic rings. The SMILES string of the molecule is CCCNC(c1ccc(F)cc1I)c1c(Cl)cnn1CC. The van der Waals surface area contributed by atoms with E-state index in [0.29, 0.717) is 5.02 Å². The van der Waals surface area contributed by atoms with Crippen LogP contribution in [0.15, 0.2) is 24.4 Å². The molecule has 21 heavy (non-hydrogen) atoms. The van der Waals surface area contributed by atoms with E-state index in [2.05, 4.69) is 39.9 Å². The van der Waals surface area contributed by atoms with E-state index in [0.717, 1.165) is 34.3 Å². The van der Waals surface area contributed by atoms with Gasteiger partial charge in [0.2, 0.25) is 0 Å². The van der Waals surface area contributed by atoms with Gasteiger partial charge in [0.1, 0.15) is 5.82 Å². The number of hydrogen-bond acceptors (Lipinski definition) is 2. The molecule has 0 spiro atoms. The lowest BCUT2D eigenvalue weighted by Gasteiger charge is -2.22. The van der Waals surface area contributed by atoms with Crippen LogP contribution in [-0.2, 0) is 6.54 Å². The molecule has 0 aliphatic carbocycles. The smallest absolute Gasteiger partial charge is 0.124 e. The standard InChI is InChI=1S/C15H18ClFIN3/c1-3-7-19-14(11-6-5-10(17)8-13(11)18)15-12(16)9-20-21(15)4-2/h5-6,8-9,14,19H,3-4,7H2,1-2H3. The van der Waals surface area contributed by atoms with Gasteiger partial charge in [0.15, 0.2) is 0 Å². The molecule has 0 saturated carbocycles. The number of halogens is 3.